The largest absolute Gasteiger partial charge is 0.444 e. The lowest BCUT2D eigenvalue weighted by Gasteiger charge is -2.33. The highest BCUT2D eigenvalue weighted by atomic mass is 32.2. The molecule has 3 aromatic heterocycles. The number of amides is 1. The molecule has 0 radical (unpaired) electrons. The topological polar surface area (TPSA) is 116 Å². The Balaban J connectivity index is 1.40. The van der Waals surface area contributed by atoms with E-state index in [9.17, 15) is 18.0 Å². The van der Waals surface area contributed by atoms with Crippen LogP contribution in [0.3, 0.4) is 0 Å². The Bertz CT molecular complexity index is 1570. The summed E-state index contributed by atoms with van der Waals surface area (Å²) in [7, 11) is 1.76. The van der Waals surface area contributed by atoms with E-state index in [1.165, 1.54) is 12.1 Å². The number of carbonyl (C=O) groups excluding carboxylic acids is 1. The number of pyridine rings is 1. The SMILES string of the molecule is Cn1nc(-c2ccc(NSC(F)F)c(F)c2)c2c(N)ncc(-c3cnn(C4CCN(C(=O)OC(C)(C)C)CC4)c3)c21. The lowest BCUT2D eigenvalue weighted by molar-refractivity contribution is 0.0184. The summed E-state index contributed by atoms with van der Waals surface area (Å²) in [6.07, 6.45) is 6.51. The number of fused-ring (bicyclic) bond motifs is 1. The molecule has 1 aliphatic heterocycles. The molecular weight excluding hydrogens is 557 g/mol. The van der Waals surface area contributed by atoms with Crippen LogP contribution in [0.2, 0.25) is 0 Å². The number of anilines is 2. The van der Waals surface area contributed by atoms with Crippen molar-refractivity contribution < 1.29 is 22.7 Å². The third kappa shape index (κ3) is 6.06. The fourth-order valence-electron chi connectivity index (χ4n) is 4.92. The summed E-state index contributed by atoms with van der Waals surface area (Å²) in [5.41, 5.74) is 8.78. The van der Waals surface area contributed by atoms with Gasteiger partial charge in [0.2, 0.25) is 0 Å². The summed E-state index contributed by atoms with van der Waals surface area (Å²) in [4.78, 5) is 18.5. The van der Waals surface area contributed by atoms with E-state index >= 15 is 0 Å². The number of alkyl halides is 2. The van der Waals surface area contributed by atoms with E-state index in [0.29, 0.717) is 35.2 Å². The predicted octanol–water partition coefficient (Wildman–Crippen LogP) is 6.07. The van der Waals surface area contributed by atoms with Crippen LogP contribution in [0.4, 0.5) is 29.5 Å². The first kappa shape index (κ1) is 28.6. The van der Waals surface area contributed by atoms with Crippen molar-refractivity contribution in [3.63, 3.8) is 0 Å². The van der Waals surface area contributed by atoms with Gasteiger partial charge >= 0.3 is 11.9 Å². The third-order valence-electron chi connectivity index (χ3n) is 6.79. The van der Waals surface area contributed by atoms with E-state index in [1.807, 2.05) is 31.6 Å². The number of nitrogens with one attached hydrogen (secondary N) is 1. The number of benzene rings is 1. The molecule has 0 unspecified atom stereocenters. The number of piperidine rings is 1. The molecule has 3 N–H and O–H groups in total. The van der Waals surface area contributed by atoms with E-state index in [2.05, 4.69) is 19.9 Å². The Morgan fingerprint density at radius 2 is 1.93 bits per heavy atom. The average Bonchev–Trinajstić information content (AvgIpc) is 3.53. The van der Waals surface area contributed by atoms with Gasteiger partial charge in [-0.25, -0.2) is 14.2 Å². The summed E-state index contributed by atoms with van der Waals surface area (Å²) in [6, 6.07) is 4.31. The number of aromatic nitrogens is 5. The van der Waals surface area contributed by atoms with Gasteiger partial charge in [0.1, 0.15) is 22.9 Å². The van der Waals surface area contributed by atoms with Gasteiger partial charge in [-0.15, -0.1) is 0 Å². The van der Waals surface area contributed by atoms with Crippen LogP contribution in [0.1, 0.15) is 39.7 Å². The van der Waals surface area contributed by atoms with Crippen molar-refractivity contribution in [2.24, 2.45) is 7.05 Å². The van der Waals surface area contributed by atoms with Crippen LogP contribution in [-0.4, -0.2) is 60.0 Å². The number of nitrogens with two attached hydrogens (primary N) is 1. The van der Waals surface area contributed by atoms with Crippen LogP contribution in [-0.2, 0) is 11.8 Å². The minimum absolute atomic E-state index is 0.0598. The molecule has 4 heterocycles. The summed E-state index contributed by atoms with van der Waals surface area (Å²) in [5.74, 6) is -3.16. The number of rotatable bonds is 6. The molecule has 0 saturated carbocycles. The van der Waals surface area contributed by atoms with Crippen LogP contribution >= 0.6 is 11.9 Å². The molecule has 1 amide bonds. The van der Waals surface area contributed by atoms with Gasteiger partial charge in [-0.1, -0.05) is 6.07 Å². The molecule has 14 heteroatoms. The summed E-state index contributed by atoms with van der Waals surface area (Å²) in [5, 5.41) is 9.76. The van der Waals surface area contributed by atoms with Crippen molar-refractivity contribution in [1.82, 2.24) is 29.4 Å². The summed E-state index contributed by atoms with van der Waals surface area (Å²) >= 11 is 0.120. The van der Waals surface area contributed by atoms with Gasteiger partial charge in [0, 0.05) is 61.2 Å². The highest BCUT2D eigenvalue weighted by Crippen LogP contribution is 2.38. The third-order valence-corrected chi connectivity index (χ3v) is 7.31. The molecule has 218 valence electrons. The quantitative estimate of drug-likeness (QED) is 0.261. The average molecular weight is 589 g/mol. The molecule has 5 rings (SSSR count). The van der Waals surface area contributed by atoms with Crippen molar-refractivity contribution in [2.45, 2.75) is 51.0 Å². The fourth-order valence-corrected chi connectivity index (χ4v) is 5.30. The Morgan fingerprint density at radius 1 is 1.20 bits per heavy atom. The van der Waals surface area contributed by atoms with E-state index in [0.717, 1.165) is 24.0 Å². The first-order valence-corrected chi connectivity index (χ1v) is 13.9. The monoisotopic (exact) mass is 588 g/mol. The standard InChI is InChI=1S/C27H31F3N8O2S/c1-27(2,3)40-26(39)37-9-7-17(8-10-37)38-14-16(12-33-38)18-13-32-24(31)21-22(34-36(4)23(18)21)15-5-6-20(19(28)11-15)35-41-25(29)30/h5-6,11-14,17,25,35H,7-10H2,1-4H3,(H2,31,32). The van der Waals surface area contributed by atoms with Crippen molar-refractivity contribution in [3.8, 4) is 22.4 Å². The van der Waals surface area contributed by atoms with Crippen LogP contribution in [0, 0.1) is 5.82 Å². The minimum Gasteiger partial charge on any atom is -0.444 e. The Morgan fingerprint density at radius 3 is 2.59 bits per heavy atom. The summed E-state index contributed by atoms with van der Waals surface area (Å²) < 4.78 is 51.1. The van der Waals surface area contributed by atoms with Crippen molar-refractivity contribution in [2.75, 3.05) is 23.5 Å². The molecule has 1 fully saturated rings. The minimum atomic E-state index is -2.69. The maximum Gasteiger partial charge on any atom is 0.410 e. The maximum atomic E-state index is 14.7. The van der Waals surface area contributed by atoms with Crippen LogP contribution in [0.5, 0.6) is 0 Å². The second kappa shape index (κ2) is 11.1. The second-order valence-corrected chi connectivity index (χ2v) is 11.6. The maximum absolute atomic E-state index is 14.7. The van der Waals surface area contributed by atoms with E-state index in [1.54, 1.807) is 35.1 Å². The number of hydrogen-bond acceptors (Lipinski definition) is 8. The Labute approximate surface area is 239 Å². The van der Waals surface area contributed by atoms with E-state index in [-0.39, 0.29) is 35.6 Å². The van der Waals surface area contributed by atoms with Gasteiger partial charge in [0.15, 0.2) is 0 Å². The molecule has 1 saturated heterocycles. The second-order valence-electron chi connectivity index (χ2n) is 10.8. The Hall–Kier alpha value is -3.94. The molecule has 1 aromatic carbocycles. The molecule has 0 aliphatic carbocycles. The fraction of sp³-hybridized carbons (Fsp3) is 0.407. The molecule has 0 bridgehead atoms. The molecule has 4 aromatic rings. The highest BCUT2D eigenvalue weighted by molar-refractivity contribution is 8.00. The zero-order valence-corrected chi connectivity index (χ0v) is 23.9. The molecule has 10 nitrogen and oxygen atoms in total. The summed E-state index contributed by atoms with van der Waals surface area (Å²) in [6.45, 7) is 6.68. The van der Waals surface area contributed by atoms with Crippen LogP contribution in [0.25, 0.3) is 33.3 Å². The van der Waals surface area contributed by atoms with Crippen LogP contribution in [0.15, 0.2) is 36.8 Å². The lowest BCUT2D eigenvalue weighted by Crippen LogP contribution is -2.42. The van der Waals surface area contributed by atoms with Crippen molar-refractivity contribution >= 4 is 40.4 Å². The number of halogens is 3. The normalized spacial score (nSPS) is 14.7. The smallest absolute Gasteiger partial charge is 0.410 e. The van der Waals surface area contributed by atoms with Gasteiger partial charge in [0.05, 0.1) is 28.8 Å². The first-order chi connectivity index (χ1) is 19.4. The molecular formula is C27H31F3N8O2S. The Kier molecular flexibility index (Phi) is 7.77. The number of nitrogens with zero attached hydrogens (tertiary/aromatic N) is 6. The number of hydrogen-bond donors (Lipinski definition) is 2. The van der Waals surface area contributed by atoms with E-state index < -0.39 is 17.2 Å². The zero-order valence-electron chi connectivity index (χ0n) is 23.1. The number of likely N-dealkylation sites (tertiary alicyclic amines) is 1. The van der Waals surface area contributed by atoms with E-state index in [4.69, 9.17) is 10.5 Å². The molecule has 1 aliphatic rings. The molecule has 0 atom stereocenters. The predicted molar refractivity (Wildman–Crippen MR) is 153 cm³/mol. The van der Waals surface area contributed by atoms with Crippen LogP contribution < -0.4 is 10.5 Å². The van der Waals surface area contributed by atoms with Gasteiger partial charge in [-0.3, -0.25) is 9.36 Å². The zero-order chi connectivity index (χ0) is 29.5. The van der Waals surface area contributed by atoms with Crippen molar-refractivity contribution in [3.05, 3.63) is 42.6 Å². The lowest BCUT2D eigenvalue weighted by atomic mass is 10.0. The van der Waals surface area contributed by atoms with Gasteiger partial charge in [-0.05, 0) is 45.7 Å². The molecule has 41 heavy (non-hydrogen) atoms. The van der Waals surface area contributed by atoms with Gasteiger partial charge in [0.25, 0.3) is 0 Å². The van der Waals surface area contributed by atoms with Gasteiger partial charge < -0.3 is 20.1 Å². The van der Waals surface area contributed by atoms with Gasteiger partial charge in [-0.2, -0.15) is 19.0 Å². The van der Waals surface area contributed by atoms with Crippen molar-refractivity contribution in [1.29, 1.82) is 0 Å². The number of ether oxygens (including phenoxy) is 1. The number of nitrogen functional groups attached to an aromatic ring is 1. The first-order valence-electron chi connectivity index (χ1n) is 13.0. The highest BCUT2D eigenvalue weighted by Gasteiger charge is 2.28. The molecule has 0 spiro atoms. The number of aryl methyl sites for hydroxylation is 1. The number of carbonyl (C=O) groups is 1.